The van der Waals surface area contributed by atoms with Gasteiger partial charge in [-0.1, -0.05) is 170 Å². The lowest BCUT2D eigenvalue weighted by atomic mass is 9.89. The highest BCUT2D eigenvalue weighted by molar-refractivity contribution is 6.23. The molecule has 0 amide bonds. The fourth-order valence-electron chi connectivity index (χ4n) is 10.3. The van der Waals surface area contributed by atoms with Crippen molar-refractivity contribution in [1.82, 2.24) is 14.5 Å². The van der Waals surface area contributed by atoms with Crippen LogP contribution in [-0.4, -0.2) is 14.5 Å². The van der Waals surface area contributed by atoms with Crippen molar-refractivity contribution in [2.45, 2.75) is 5.92 Å². The fourth-order valence-corrected chi connectivity index (χ4v) is 10.3. The summed E-state index contributed by atoms with van der Waals surface area (Å²) in [5, 5.41) is 7.12. The Balaban J connectivity index is 0.891. The quantitative estimate of drug-likeness (QED) is 0.163. The molecule has 0 saturated heterocycles. The van der Waals surface area contributed by atoms with Crippen LogP contribution in [0.3, 0.4) is 0 Å². The molecule has 0 bridgehead atoms. The third-order valence-electron chi connectivity index (χ3n) is 13.1. The zero-order valence-electron chi connectivity index (χ0n) is 33.7. The van der Waals surface area contributed by atoms with Gasteiger partial charge in [-0.2, -0.15) is 0 Å². The largest absolute Gasteiger partial charge is 0.309 e. The van der Waals surface area contributed by atoms with E-state index in [0.29, 0.717) is 0 Å². The van der Waals surface area contributed by atoms with E-state index >= 15 is 0 Å². The zero-order chi connectivity index (χ0) is 40.7. The van der Waals surface area contributed by atoms with Gasteiger partial charge < -0.3 is 4.57 Å². The van der Waals surface area contributed by atoms with E-state index in [9.17, 15) is 0 Å². The highest BCUT2D eigenvalue weighted by Gasteiger charge is 2.30. The van der Waals surface area contributed by atoms with Crippen molar-refractivity contribution in [3.63, 3.8) is 0 Å². The number of benzene rings is 10. The summed E-state index contributed by atoms with van der Waals surface area (Å²) >= 11 is 0. The highest BCUT2D eigenvalue weighted by atomic mass is 15.0. The number of aromatic nitrogens is 3. The number of fused-ring (bicyclic) bond motifs is 12. The van der Waals surface area contributed by atoms with Crippen LogP contribution < -0.4 is 0 Å². The molecule has 1 aliphatic rings. The predicted molar refractivity (Wildman–Crippen MR) is 258 cm³/mol. The summed E-state index contributed by atoms with van der Waals surface area (Å²) in [6.45, 7) is 0. The normalized spacial score (nSPS) is 13.3. The minimum Gasteiger partial charge on any atom is -0.309 e. The second-order valence-electron chi connectivity index (χ2n) is 16.5. The number of rotatable bonds is 5. The molecule has 288 valence electrons. The smallest absolute Gasteiger partial charge is 0.0979 e. The Kier molecular flexibility index (Phi) is 7.67. The van der Waals surface area contributed by atoms with Gasteiger partial charge in [-0.05, 0) is 103 Å². The van der Waals surface area contributed by atoms with Crippen molar-refractivity contribution in [3.8, 4) is 50.3 Å². The number of hydrogen-bond donors (Lipinski definition) is 0. The average Bonchev–Trinajstić information content (AvgIpc) is 3.86. The molecule has 0 N–H and O–H groups in total. The topological polar surface area (TPSA) is 30.7 Å². The van der Waals surface area contributed by atoms with Crippen molar-refractivity contribution in [3.05, 3.63) is 235 Å². The maximum Gasteiger partial charge on any atom is 0.0979 e. The van der Waals surface area contributed by atoms with Gasteiger partial charge in [0, 0.05) is 38.7 Å². The molecule has 1 aliphatic carbocycles. The van der Waals surface area contributed by atoms with Crippen LogP contribution in [0.2, 0.25) is 0 Å². The van der Waals surface area contributed by atoms with E-state index in [1.165, 1.54) is 71.5 Å². The Morgan fingerprint density at radius 3 is 1.79 bits per heavy atom. The van der Waals surface area contributed by atoms with Gasteiger partial charge in [-0.15, -0.1) is 0 Å². The predicted octanol–water partition coefficient (Wildman–Crippen LogP) is 15.2. The summed E-state index contributed by atoms with van der Waals surface area (Å²) < 4.78 is 2.41. The molecule has 3 heteroatoms. The van der Waals surface area contributed by atoms with Gasteiger partial charge in [-0.3, -0.25) is 4.98 Å². The fraction of sp³-hybridized carbons (Fsp3) is 0.0169. The summed E-state index contributed by atoms with van der Waals surface area (Å²) in [6.07, 6.45) is 1.93. The Morgan fingerprint density at radius 2 is 0.952 bits per heavy atom. The number of hydrogen-bond acceptors (Lipinski definition) is 2. The second-order valence-corrected chi connectivity index (χ2v) is 16.5. The lowest BCUT2D eigenvalue weighted by molar-refractivity contribution is 1.02. The molecule has 3 nitrogen and oxygen atoms in total. The van der Waals surface area contributed by atoms with Crippen LogP contribution in [-0.2, 0) is 0 Å². The molecule has 10 aromatic carbocycles. The summed E-state index contributed by atoms with van der Waals surface area (Å²) in [4.78, 5) is 10.3. The molecule has 2 heterocycles. The lowest BCUT2D eigenvalue weighted by Gasteiger charge is -2.14. The summed E-state index contributed by atoms with van der Waals surface area (Å²) in [5.74, 6) is 0.240. The van der Waals surface area contributed by atoms with Crippen molar-refractivity contribution in [2.75, 3.05) is 0 Å². The van der Waals surface area contributed by atoms with Gasteiger partial charge >= 0.3 is 0 Å². The molecular weight excluding hydrogens is 751 g/mol. The molecule has 0 spiro atoms. The monoisotopic (exact) mass is 787 g/mol. The van der Waals surface area contributed by atoms with Gasteiger partial charge in [-0.25, -0.2) is 4.98 Å². The van der Waals surface area contributed by atoms with Crippen molar-refractivity contribution in [2.24, 2.45) is 0 Å². The van der Waals surface area contributed by atoms with Crippen LogP contribution in [0.5, 0.6) is 0 Å². The molecule has 1 atom stereocenters. The number of para-hydroxylation sites is 1. The SMILES string of the molecule is c1ccc(C2c3ccccc3-c3cc(-c4ccc5c(c4)c4ccccc4n5-c4cccc(-c5cccc(-c6cnc7c8ccccc8c8ccccc8c7n6)c5)c4)ccc32)cc1. The van der Waals surface area contributed by atoms with Crippen LogP contribution in [0.15, 0.2) is 219 Å². The standard InChI is InChI=1S/C59H37N3/c1-2-14-37(15-3-1)57-48-24-7-4-22-46(48)52-34-40(28-30-49(52)57)41-29-31-56-53(35-41)47-23-10-11-27-55(47)62(56)43-19-13-17-39(33-43)38-16-12-18-42(32-38)54-36-60-58-50-25-8-5-20-44(50)45-21-6-9-26-51(45)59(58)61-54/h1-36,57H. The molecule has 62 heavy (non-hydrogen) atoms. The molecule has 0 fully saturated rings. The van der Waals surface area contributed by atoms with Gasteiger partial charge in [0.05, 0.1) is 34.0 Å². The average molecular weight is 788 g/mol. The zero-order valence-corrected chi connectivity index (χ0v) is 33.7. The first-order chi connectivity index (χ1) is 30.7. The third kappa shape index (κ3) is 5.32. The van der Waals surface area contributed by atoms with Crippen molar-refractivity contribution in [1.29, 1.82) is 0 Å². The van der Waals surface area contributed by atoms with Crippen LogP contribution in [0.4, 0.5) is 0 Å². The maximum absolute atomic E-state index is 5.29. The van der Waals surface area contributed by atoms with E-state index in [1.807, 2.05) is 6.20 Å². The Morgan fingerprint density at radius 1 is 0.355 bits per heavy atom. The molecule has 2 aromatic heterocycles. The first kappa shape index (κ1) is 34.7. The van der Waals surface area contributed by atoms with Crippen molar-refractivity contribution < 1.29 is 0 Å². The molecular formula is C59H37N3. The summed E-state index contributed by atoms with van der Waals surface area (Å²) in [6, 6.07) is 77.3. The highest BCUT2D eigenvalue weighted by Crippen LogP contribution is 2.49. The summed E-state index contributed by atoms with van der Waals surface area (Å²) in [5.41, 5.74) is 18.7. The second kappa shape index (κ2) is 13.7. The molecule has 0 saturated carbocycles. The van der Waals surface area contributed by atoms with Gasteiger partial charge in [0.25, 0.3) is 0 Å². The van der Waals surface area contributed by atoms with E-state index in [0.717, 1.165) is 49.9 Å². The van der Waals surface area contributed by atoms with E-state index in [-0.39, 0.29) is 5.92 Å². The van der Waals surface area contributed by atoms with Gasteiger partial charge in [0.2, 0.25) is 0 Å². The Hall–Kier alpha value is -8.14. The Bertz CT molecular complexity index is 3730. The van der Waals surface area contributed by atoms with E-state index in [2.05, 4.69) is 217 Å². The first-order valence-electron chi connectivity index (χ1n) is 21.3. The number of nitrogens with zero attached hydrogens (tertiary/aromatic N) is 3. The van der Waals surface area contributed by atoms with Gasteiger partial charge in [0.15, 0.2) is 0 Å². The van der Waals surface area contributed by atoms with Crippen LogP contribution >= 0.6 is 0 Å². The molecule has 0 radical (unpaired) electrons. The van der Waals surface area contributed by atoms with Crippen LogP contribution in [0.25, 0.3) is 105 Å². The first-order valence-corrected chi connectivity index (χ1v) is 21.3. The Labute approximate surface area is 358 Å². The van der Waals surface area contributed by atoms with Gasteiger partial charge in [0.1, 0.15) is 0 Å². The van der Waals surface area contributed by atoms with Crippen LogP contribution in [0, 0.1) is 0 Å². The van der Waals surface area contributed by atoms with Crippen LogP contribution in [0.1, 0.15) is 22.6 Å². The molecule has 1 unspecified atom stereocenters. The van der Waals surface area contributed by atoms with E-state index in [4.69, 9.17) is 9.97 Å². The van der Waals surface area contributed by atoms with E-state index in [1.54, 1.807) is 0 Å². The molecule has 12 aromatic rings. The minimum absolute atomic E-state index is 0.240. The minimum atomic E-state index is 0.240. The van der Waals surface area contributed by atoms with E-state index < -0.39 is 0 Å². The third-order valence-corrected chi connectivity index (χ3v) is 13.1. The summed E-state index contributed by atoms with van der Waals surface area (Å²) in [7, 11) is 0. The van der Waals surface area contributed by atoms with Crippen molar-refractivity contribution >= 4 is 54.4 Å². The maximum atomic E-state index is 5.29. The molecule has 0 aliphatic heterocycles. The molecule has 13 rings (SSSR count). The lowest BCUT2D eigenvalue weighted by Crippen LogP contribution is -1.98.